The fourth-order valence-corrected chi connectivity index (χ4v) is 2.09. The van der Waals surface area contributed by atoms with Crippen molar-refractivity contribution in [2.45, 2.75) is 25.7 Å². The van der Waals surface area contributed by atoms with Crippen LogP contribution < -0.4 is 11.4 Å². The van der Waals surface area contributed by atoms with Gasteiger partial charge in [-0.05, 0) is 31.5 Å². The third-order valence-corrected chi connectivity index (χ3v) is 3.17. The lowest BCUT2D eigenvalue weighted by molar-refractivity contribution is -0.384. The first kappa shape index (κ1) is 14.9. The molecule has 0 amide bonds. The van der Waals surface area contributed by atoms with Gasteiger partial charge in [-0.1, -0.05) is 6.42 Å². The summed E-state index contributed by atoms with van der Waals surface area (Å²) in [5.74, 6) is 0.617. The molecular weight excluding hydrogens is 274 g/mol. The van der Waals surface area contributed by atoms with Gasteiger partial charge in [0.1, 0.15) is 5.82 Å². The van der Waals surface area contributed by atoms with Crippen molar-refractivity contribution >= 4 is 5.69 Å². The van der Waals surface area contributed by atoms with Gasteiger partial charge in [-0.25, -0.2) is 14.5 Å². The van der Waals surface area contributed by atoms with E-state index >= 15 is 0 Å². The normalized spacial score (nSPS) is 10.7. The molecule has 0 bridgehead atoms. The number of hydrogen-bond acceptors (Lipinski definition) is 5. The number of non-ortho nitro benzene ring substituents is 1. The molecule has 0 aliphatic rings. The van der Waals surface area contributed by atoms with Gasteiger partial charge >= 0.3 is 5.69 Å². The second-order valence-electron chi connectivity index (χ2n) is 4.65. The van der Waals surface area contributed by atoms with Crippen LogP contribution in [0.3, 0.4) is 0 Å². The Hall–Kier alpha value is -2.48. The predicted octanol–water partition coefficient (Wildman–Crippen LogP) is 1.14. The number of nitro benzene ring substituents is 1. The zero-order valence-corrected chi connectivity index (χ0v) is 11.5. The molecule has 0 fully saturated rings. The highest BCUT2D eigenvalue weighted by atomic mass is 16.6. The molecule has 0 aliphatic heterocycles. The minimum atomic E-state index is -0.477. The lowest BCUT2D eigenvalue weighted by Crippen LogP contribution is -2.17. The van der Waals surface area contributed by atoms with Crippen LogP contribution in [-0.4, -0.2) is 26.2 Å². The number of hydrogen-bond donors (Lipinski definition) is 2. The van der Waals surface area contributed by atoms with Crippen molar-refractivity contribution in [2.24, 2.45) is 5.73 Å². The summed E-state index contributed by atoms with van der Waals surface area (Å²) in [5, 5.41) is 17.1. The topological polar surface area (TPSA) is 120 Å². The first-order valence-electron chi connectivity index (χ1n) is 6.74. The molecule has 8 heteroatoms. The summed E-state index contributed by atoms with van der Waals surface area (Å²) < 4.78 is 1.44. The van der Waals surface area contributed by atoms with Crippen LogP contribution in [0.4, 0.5) is 5.69 Å². The Bertz CT molecular complexity index is 659. The van der Waals surface area contributed by atoms with Crippen molar-refractivity contribution < 1.29 is 4.92 Å². The minimum Gasteiger partial charge on any atom is -0.330 e. The molecule has 1 aromatic heterocycles. The van der Waals surface area contributed by atoms with Crippen LogP contribution in [0.25, 0.3) is 5.69 Å². The molecule has 3 N–H and O–H groups in total. The number of aromatic amines is 1. The van der Waals surface area contributed by atoms with E-state index < -0.39 is 4.92 Å². The highest BCUT2D eigenvalue weighted by Crippen LogP contribution is 2.15. The third kappa shape index (κ3) is 3.54. The lowest BCUT2D eigenvalue weighted by Gasteiger charge is -2.05. The number of nitrogens with two attached hydrogens (primary N) is 1. The maximum atomic E-state index is 11.8. The molecule has 112 valence electrons. The van der Waals surface area contributed by atoms with Gasteiger partial charge in [-0.2, -0.15) is 5.10 Å². The highest BCUT2D eigenvalue weighted by molar-refractivity contribution is 5.41. The molecule has 0 saturated carbocycles. The van der Waals surface area contributed by atoms with E-state index in [0.717, 1.165) is 19.3 Å². The Kier molecular flexibility index (Phi) is 4.83. The van der Waals surface area contributed by atoms with Crippen LogP contribution >= 0.6 is 0 Å². The third-order valence-electron chi connectivity index (χ3n) is 3.17. The fourth-order valence-electron chi connectivity index (χ4n) is 2.09. The maximum Gasteiger partial charge on any atom is 0.347 e. The van der Waals surface area contributed by atoms with E-state index in [2.05, 4.69) is 10.2 Å². The number of benzene rings is 1. The molecule has 0 spiro atoms. The summed E-state index contributed by atoms with van der Waals surface area (Å²) in [4.78, 5) is 22.0. The summed E-state index contributed by atoms with van der Waals surface area (Å²) in [5.41, 5.74) is 5.64. The van der Waals surface area contributed by atoms with E-state index in [4.69, 9.17) is 5.73 Å². The smallest absolute Gasteiger partial charge is 0.330 e. The second kappa shape index (κ2) is 6.80. The molecule has 2 rings (SSSR count). The molecule has 1 heterocycles. The number of H-pyrrole nitrogens is 1. The molecule has 0 unspecified atom stereocenters. The Morgan fingerprint density at radius 3 is 2.57 bits per heavy atom. The number of nitrogens with one attached hydrogen (secondary N) is 1. The second-order valence-corrected chi connectivity index (χ2v) is 4.65. The van der Waals surface area contributed by atoms with Crippen LogP contribution in [0.15, 0.2) is 29.1 Å². The van der Waals surface area contributed by atoms with Crippen LogP contribution in [0.5, 0.6) is 0 Å². The van der Waals surface area contributed by atoms with E-state index in [1.807, 2.05) is 0 Å². The Balaban J connectivity index is 2.20. The van der Waals surface area contributed by atoms with Gasteiger partial charge in [0, 0.05) is 18.6 Å². The van der Waals surface area contributed by atoms with E-state index in [1.54, 1.807) is 12.1 Å². The van der Waals surface area contributed by atoms with Crippen LogP contribution in [-0.2, 0) is 6.42 Å². The predicted molar refractivity (Wildman–Crippen MR) is 77.4 cm³/mol. The van der Waals surface area contributed by atoms with Gasteiger partial charge in [0.05, 0.1) is 10.6 Å². The average molecular weight is 291 g/mol. The minimum absolute atomic E-state index is 0.0141. The number of aromatic nitrogens is 3. The van der Waals surface area contributed by atoms with Crippen LogP contribution in [0, 0.1) is 10.1 Å². The van der Waals surface area contributed by atoms with Crippen molar-refractivity contribution in [1.82, 2.24) is 14.8 Å². The van der Waals surface area contributed by atoms with Gasteiger partial charge in [-0.3, -0.25) is 10.1 Å². The number of nitrogens with zero attached hydrogens (tertiary/aromatic N) is 3. The Morgan fingerprint density at radius 1 is 1.24 bits per heavy atom. The summed E-state index contributed by atoms with van der Waals surface area (Å²) in [6, 6.07) is 5.82. The molecule has 8 nitrogen and oxygen atoms in total. The molecule has 0 saturated heterocycles. The van der Waals surface area contributed by atoms with Crippen molar-refractivity contribution in [1.29, 1.82) is 0 Å². The molecule has 0 atom stereocenters. The number of rotatable bonds is 7. The first-order valence-corrected chi connectivity index (χ1v) is 6.74. The lowest BCUT2D eigenvalue weighted by atomic mass is 10.2. The quantitative estimate of drug-likeness (QED) is 0.450. The van der Waals surface area contributed by atoms with Crippen molar-refractivity contribution in [3.05, 3.63) is 50.7 Å². The molecule has 1 aromatic carbocycles. The van der Waals surface area contributed by atoms with Gasteiger partial charge in [0.15, 0.2) is 0 Å². The van der Waals surface area contributed by atoms with Gasteiger partial charge in [-0.15, -0.1) is 0 Å². The number of nitro groups is 1. The van der Waals surface area contributed by atoms with E-state index in [0.29, 0.717) is 24.5 Å². The molecule has 2 aromatic rings. The van der Waals surface area contributed by atoms with E-state index in [-0.39, 0.29) is 11.4 Å². The summed E-state index contributed by atoms with van der Waals surface area (Å²) in [6.07, 6.45) is 3.44. The van der Waals surface area contributed by atoms with Crippen molar-refractivity contribution in [3.63, 3.8) is 0 Å². The zero-order valence-electron chi connectivity index (χ0n) is 11.5. The summed E-state index contributed by atoms with van der Waals surface area (Å²) in [6.45, 7) is 0.649. The van der Waals surface area contributed by atoms with Gasteiger partial charge in [0.25, 0.3) is 5.69 Å². The molecule has 0 aliphatic carbocycles. The molecular formula is C13H17N5O3. The molecule has 21 heavy (non-hydrogen) atoms. The maximum absolute atomic E-state index is 11.8. The summed E-state index contributed by atoms with van der Waals surface area (Å²) in [7, 11) is 0. The average Bonchev–Trinajstić information content (AvgIpc) is 2.85. The van der Waals surface area contributed by atoms with Gasteiger partial charge < -0.3 is 5.73 Å². The van der Waals surface area contributed by atoms with Crippen LogP contribution in [0.2, 0.25) is 0 Å². The van der Waals surface area contributed by atoms with Crippen molar-refractivity contribution in [2.75, 3.05) is 6.54 Å². The fraction of sp³-hybridized carbons (Fsp3) is 0.385. The van der Waals surface area contributed by atoms with Crippen molar-refractivity contribution in [3.8, 4) is 5.69 Å². The number of unbranched alkanes of at least 4 members (excludes halogenated alkanes) is 2. The highest BCUT2D eigenvalue weighted by Gasteiger charge is 2.11. The zero-order chi connectivity index (χ0) is 15.2. The number of aryl methyl sites for hydroxylation is 1. The van der Waals surface area contributed by atoms with Crippen LogP contribution in [0.1, 0.15) is 25.1 Å². The molecule has 0 radical (unpaired) electrons. The van der Waals surface area contributed by atoms with E-state index in [1.165, 1.54) is 16.7 Å². The largest absolute Gasteiger partial charge is 0.347 e. The summed E-state index contributed by atoms with van der Waals surface area (Å²) >= 11 is 0. The van der Waals surface area contributed by atoms with Gasteiger partial charge in [0.2, 0.25) is 0 Å². The standard InChI is InChI=1S/C13H17N5O3/c14-9-3-1-2-4-12-15-16-13(19)17(12)10-5-7-11(8-6-10)18(20)21/h5-8H,1-4,9,14H2,(H,16,19). The Labute approximate surface area is 120 Å². The van der Waals surface area contributed by atoms with E-state index in [9.17, 15) is 14.9 Å². The Morgan fingerprint density at radius 2 is 1.95 bits per heavy atom. The first-order chi connectivity index (χ1) is 10.1. The SMILES string of the molecule is NCCCCCc1n[nH]c(=O)n1-c1ccc([N+](=O)[O-])cc1. The monoisotopic (exact) mass is 291 g/mol.